The van der Waals surface area contributed by atoms with Crippen molar-refractivity contribution < 1.29 is 4.79 Å². The van der Waals surface area contributed by atoms with E-state index >= 15 is 0 Å². The molecule has 7 nitrogen and oxygen atoms in total. The van der Waals surface area contributed by atoms with Gasteiger partial charge in [-0.05, 0) is 31.0 Å². The number of rotatable bonds is 6. The molecule has 2 aromatic heterocycles. The van der Waals surface area contributed by atoms with Gasteiger partial charge in [0.2, 0.25) is 0 Å². The molecule has 150 valence electrons. The van der Waals surface area contributed by atoms with Crippen LogP contribution in [0.15, 0.2) is 60.8 Å². The third kappa shape index (κ3) is 3.51. The molecule has 2 heterocycles. The molecule has 3 N–H and O–H groups in total. The standard InChI is InChI=1S/C23H22N6O/c1-28-15-19(17-10-5-6-12-21(17)28)23(30)26-13-7-11-20-18(14-24)22(25)29(27-20)16-8-3-2-4-9-16/h2-6,8-10,12,15H,7,11,13,25H2,1H3,(H,26,30). The van der Waals surface area contributed by atoms with Gasteiger partial charge >= 0.3 is 0 Å². The summed E-state index contributed by atoms with van der Waals surface area (Å²) in [7, 11) is 1.93. The average molecular weight is 398 g/mol. The molecule has 0 fully saturated rings. The Bertz CT molecular complexity index is 1250. The van der Waals surface area contributed by atoms with E-state index in [1.807, 2.05) is 72.4 Å². The number of nitriles is 1. The van der Waals surface area contributed by atoms with Crippen LogP contribution in [0, 0.1) is 11.3 Å². The van der Waals surface area contributed by atoms with Crippen molar-refractivity contribution in [2.45, 2.75) is 12.8 Å². The Kier molecular flexibility index (Phi) is 5.22. The number of anilines is 1. The number of carbonyl (C=O) groups excluding carboxylic acids is 1. The van der Waals surface area contributed by atoms with Gasteiger partial charge in [0.25, 0.3) is 5.91 Å². The van der Waals surface area contributed by atoms with E-state index in [2.05, 4.69) is 16.5 Å². The summed E-state index contributed by atoms with van der Waals surface area (Å²) in [6.07, 6.45) is 3.04. The van der Waals surface area contributed by atoms with Gasteiger partial charge in [-0.2, -0.15) is 10.4 Å². The summed E-state index contributed by atoms with van der Waals surface area (Å²) < 4.78 is 3.53. The number of benzene rings is 2. The van der Waals surface area contributed by atoms with E-state index in [1.54, 1.807) is 4.68 Å². The first-order valence-electron chi connectivity index (χ1n) is 9.75. The molecule has 0 aliphatic carbocycles. The number of nitrogens with zero attached hydrogens (tertiary/aromatic N) is 4. The number of nitrogens with two attached hydrogens (primary N) is 1. The number of para-hydroxylation sites is 2. The van der Waals surface area contributed by atoms with Crippen LogP contribution < -0.4 is 11.1 Å². The van der Waals surface area contributed by atoms with Crippen LogP contribution in [0.3, 0.4) is 0 Å². The number of carbonyl (C=O) groups is 1. The number of hydrogen-bond donors (Lipinski definition) is 2. The van der Waals surface area contributed by atoms with Crippen molar-refractivity contribution in [3.63, 3.8) is 0 Å². The van der Waals surface area contributed by atoms with E-state index in [0.29, 0.717) is 42.0 Å². The first kappa shape index (κ1) is 19.3. The molecular formula is C23H22N6O. The maximum Gasteiger partial charge on any atom is 0.253 e. The zero-order valence-electron chi connectivity index (χ0n) is 16.7. The highest BCUT2D eigenvalue weighted by molar-refractivity contribution is 6.06. The largest absolute Gasteiger partial charge is 0.382 e. The summed E-state index contributed by atoms with van der Waals surface area (Å²) in [6.45, 7) is 0.477. The monoisotopic (exact) mass is 398 g/mol. The molecule has 4 aromatic rings. The molecule has 2 aromatic carbocycles. The lowest BCUT2D eigenvalue weighted by molar-refractivity contribution is 0.0954. The van der Waals surface area contributed by atoms with Gasteiger partial charge in [0, 0.05) is 30.7 Å². The first-order chi connectivity index (χ1) is 14.6. The Labute approximate surface area is 174 Å². The van der Waals surface area contributed by atoms with E-state index in [9.17, 15) is 10.1 Å². The van der Waals surface area contributed by atoms with Crippen LogP contribution in [0.2, 0.25) is 0 Å². The van der Waals surface area contributed by atoms with Gasteiger partial charge in [-0.25, -0.2) is 4.68 Å². The Morgan fingerprint density at radius 2 is 1.90 bits per heavy atom. The lowest BCUT2D eigenvalue weighted by atomic mass is 10.1. The van der Waals surface area contributed by atoms with E-state index < -0.39 is 0 Å². The average Bonchev–Trinajstić information content (AvgIpc) is 3.28. The first-order valence-corrected chi connectivity index (χ1v) is 9.75. The minimum atomic E-state index is -0.110. The zero-order valence-corrected chi connectivity index (χ0v) is 16.7. The van der Waals surface area contributed by atoms with Gasteiger partial charge in [0.1, 0.15) is 17.5 Å². The molecule has 0 aliphatic heterocycles. The van der Waals surface area contributed by atoms with E-state index in [1.165, 1.54) is 0 Å². The fraction of sp³-hybridized carbons (Fsp3) is 0.174. The van der Waals surface area contributed by atoms with Gasteiger partial charge in [0.05, 0.1) is 16.9 Å². The normalized spacial score (nSPS) is 10.8. The molecule has 0 saturated carbocycles. The van der Waals surface area contributed by atoms with Crippen molar-refractivity contribution in [3.05, 3.63) is 77.6 Å². The van der Waals surface area contributed by atoms with Gasteiger partial charge in [-0.15, -0.1) is 0 Å². The highest BCUT2D eigenvalue weighted by Crippen LogP contribution is 2.22. The van der Waals surface area contributed by atoms with Crippen molar-refractivity contribution in [2.24, 2.45) is 7.05 Å². The lowest BCUT2D eigenvalue weighted by Crippen LogP contribution is -2.24. The lowest BCUT2D eigenvalue weighted by Gasteiger charge is -2.04. The Morgan fingerprint density at radius 3 is 2.67 bits per heavy atom. The van der Waals surface area contributed by atoms with Gasteiger partial charge in [-0.3, -0.25) is 4.79 Å². The molecule has 0 saturated heterocycles. The van der Waals surface area contributed by atoms with Crippen molar-refractivity contribution in [3.8, 4) is 11.8 Å². The number of aryl methyl sites for hydroxylation is 2. The fourth-order valence-corrected chi connectivity index (χ4v) is 3.62. The molecule has 0 aliphatic rings. The van der Waals surface area contributed by atoms with E-state index in [4.69, 9.17) is 5.73 Å². The fourth-order valence-electron chi connectivity index (χ4n) is 3.62. The van der Waals surface area contributed by atoms with Gasteiger partial charge in [0.15, 0.2) is 0 Å². The van der Waals surface area contributed by atoms with Crippen molar-refractivity contribution in [1.29, 1.82) is 5.26 Å². The number of nitrogens with one attached hydrogen (secondary N) is 1. The summed E-state index contributed by atoms with van der Waals surface area (Å²) >= 11 is 0. The topological polar surface area (TPSA) is 102 Å². The second-order valence-corrected chi connectivity index (χ2v) is 7.10. The third-order valence-electron chi connectivity index (χ3n) is 5.12. The van der Waals surface area contributed by atoms with Crippen molar-refractivity contribution >= 4 is 22.6 Å². The van der Waals surface area contributed by atoms with Crippen LogP contribution in [-0.2, 0) is 13.5 Å². The summed E-state index contributed by atoms with van der Waals surface area (Å²) in [4.78, 5) is 12.6. The molecule has 0 spiro atoms. The highest BCUT2D eigenvalue weighted by Gasteiger charge is 2.17. The van der Waals surface area contributed by atoms with Gasteiger partial charge < -0.3 is 15.6 Å². The number of fused-ring (bicyclic) bond motifs is 1. The van der Waals surface area contributed by atoms with Crippen LogP contribution in [0.5, 0.6) is 0 Å². The quantitative estimate of drug-likeness (QED) is 0.487. The number of aromatic nitrogens is 3. The summed E-state index contributed by atoms with van der Waals surface area (Å²) in [5.41, 5.74) is 9.64. The second kappa shape index (κ2) is 8.13. The molecular weight excluding hydrogens is 376 g/mol. The second-order valence-electron chi connectivity index (χ2n) is 7.10. The third-order valence-corrected chi connectivity index (χ3v) is 5.12. The maximum absolute atomic E-state index is 12.6. The summed E-state index contributed by atoms with van der Waals surface area (Å²) in [5, 5.41) is 17.9. The molecule has 0 atom stereocenters. The highest BCUT2D eigenvalue weighted by atomic mass is 16.1. The maximum atomic E-state index is 12.6. The minimum Gasteiger partial charge on any atom is -0.382 e. The van der Waals surface area contributed by atoms with Crippen molar-refractivity contribution in [1.82, 2.24) is 19.7 Å². The smallest absolute Gasteiger partial charge is 0.253 e. The predicted octanol–water partition coefficient (Wildman–Crippen LogP) is 3.18. The number of nitrogen functional groups attached to an aromatic ring is 1. The molecule has 7 heteroatoms. The molecule has 0 radical (unpaired) electrons. The Balaban J connectivity index is 1.42. The summed E-state index contributed by atoms with van der Waals surface area (Å²) in [6, 6.07) is 19.4. The SMILES string of the molecule is Cn1cc(C(=O)NCCCc2nn(-c3ccccc3)c(N)c2C#N)c2ccccc21. The minimum absolute atomic E-state index is 0.110. The molecule has 0 bridgehead atoms. The van der Waals surface area contributed by atoms with Crippen LogP contribution >= 0.6 is 0 Å². The molecule has 30 heavy (non-hydrogen) atoms. The Morgan fingerprint density at radius 1 is 1.17 bits per heavy atom. The summed E-state index contributed by atoms with van der Waals surface area (Å²) in [5.74, 6) is 0.222. The van der Waals surface area contributed by atoms with E-state index in [0.717, 1.165) is 16.6 Å². The van der Waals surface area contributed by atoms with Gasteiger partial charge in [-0.1, -0.05) is 36.4 Å². The predicted molar refractivity (Wildman–Crippen MR) is 116 cm³/mol. The molecule has 0 unspecified atom stereocenters. The molecule has 4 rings (SSSR count). The Hall–Kier alpha value is -4.05. The number of hydrogen-bond acceptors (Lipinski definition) is 4. The number of amides is 1. The van der Waals surface area contributed by atoms with Crippen LogP contribution in [-0.4, -0.2) is 26.8 Å². The van der Waals surface area contributed by atoms with Crippen LogP contribution in [0.4, 0.5) is 5.82 Å². The zero-order chi connectivity index (χ0) is 21.1. The van der Waals surface area contributed by atoms with Crippen LogP contribution in [0.25, 0.3) is 16.6 Å². The molecule has 1 amide bonds. The van der Waals surface area contributed by atoms with E-state index in [-0.39, 0.29) is 5.91 Å². The van der Waals surface area contributed by atoms with Crippen molar-refractivity contribution in [2.75, 3.05) is 12.3 Å². The van der Waals surface area contributed by atoms with Crippen LogP contribution in [0.1, 0.15) is 28.0 Å².